The first-order valence-electron chi connectivity index (χ1n) is 7.95. The van der Waals surface area contributed by atoms with Gasteiger partial charge in [-0.1, -0.05) is 76.6 Å². The van der Waals surface area contributed by atoms with Crippen LogP contribution in [0.25, 0.3) is 0 Å². The Bertz CT molecular complexity index is 1010. The summed E-state index contributed by atoms with van der Waals surface area (Å²) in [6.45, 7) is 0. The lowest BCUT2D eigenvalue weighted by Crippen LogP contribution is -2.32. The van der Waals surface area contributed by atoms with Crippen molar-refractivity contribution in [2.45, 2.75) is 10.9 Å². The molecule has 3 aromatic rings. The van der Waals surface area contributed by atoms with Crippen molar-refractivity contribution in [1.82, 2.24) is 4.31 Å². The van der Waals surface area contributed by atoms with Crippen molar-refractivity contribution >= 4 is 26.0 Å². The summed E-state index contributed by atoms with van der Waals surface area (Å²) in [4.78, 5) is -0.338. The first-order chi connectivity index (χ1) is 12.4. The van der Waals surface area contributed by atoms with E-state index in [1.165, 1.54) is 29.6 Å². The van der Waals surface area contributed by atoms with Gasteiger partial charge in [-0.05, 0) is 29.3 Å². The van der Waals surface area contributed by atoms with Crippen molar-refractivity contribution in [3.05, 3.63) is 100 Å². The minimum Gasteiger partial charge on any atom is -0.207 e. The number of halogens is 2. The number of benzene rings is 3. The lowest BCUT2D eigenvalue weighted by Gasteiger charge is -2.29. The third kappa shape index (κ3) is 3.58. The number of rotatable bonds is 5. The van der Waals surface area contributed by atoms with Crippen LogP contribution in [-0.4, -0.2) is 19.8 Å². The van der Waals surface area contributed by atoms with Crippen LogP contribution < -0.4 is 0 Å². The Morgan fingerprint density at radius 2 is 1.46 bits per heavy atom. The minimum absolute atomic E-state index is 0.338. The molecular weight excluding hydrogens is 417 g/mol. The van der Waals surface area contributed by atoms with Crippen LogP contribution >= 0.6 is 15.9 Å². The van der Waals surface area contributed by atoms with E-state index in [-0.39, 0.29) is 4.90 Å². The molecule has 3 rings (SSSR count). The summed E-state index contributed by atoms with van der Waals surface area (Å²) in [5.74, 6) is -0.765. The van der Waals surface area contributed by atoms with Crippen molar-refractivity contribution in [2.75, 3.05) is 7.05 Å². The summed E-state index contributed by atoms with van der Waals surface area (Å²) in [5, 5.41) is 0. The molecule has 0 amide bonds. The number of hydrogen-bond donors (Lipinski definition) is 0. The summed E-state index contributed by atoms with van der Waals surface area (Å²) in [7, 11) is -2.57. The molecule has 0 saturated carbocycles. The maximum atomic E-state index is 14.2. The quantitative estimate of drug-likeness (QED) is 0.567. The zero-order chi connectivity index (χ0) is 18.7. The van der Waals surface area contributed by atoms with Crippen LogP contribution in [0.2, 0.25) is 0 Å². The SMILES string of the molecule is CN(C(c1ccccc1)c1ccccc1Br)S(=O)(=O)c1ccccc1F. The average molecular weight is 434 g/mol. The second kappa shape index (κ2) is 7.70. The van der Waals surface area contributed by atoms with E-state index >= 15 is 0 Å². The first kappa shape index (κ1) is 18.8. The smallest absolute Gasteiger partial charge is 0.207 e. The van der Waals surface area contributed by atoms with Gasteiger partial charge in [-0.15, -0.1) is 0 Å². The van der Waals surface area contributed by atoms with Gasteiger partial charge in [0.15, 0.2) is 0 Å². The summed E-state index contributed by atoms with van der Waals surface area (Å²) >= 11 is 3.50. The fourth-order valence-electron chi connectivity index (χ4n) is 2.87. The van der Waals surface area contributed by atoms with Gasteiger partial charge in [0.05, 0.1) is 6.04 Å². The molecule has 0 aliphatic carbocycles. The lowest BCUT2D eigenvalue weighted by molar-refractivity contribution is 0.413. The van der Waals surface area contributed by atoms with Crippen LogP contribution in [0.4, 0.5) is 4.39 Å². The van der Waals surface area contributed by atoms with Crippen molar-refractivity contribution in [1.29, 1.82) is 0 Å². The van der Waals surface area contributed by atoms with Gasteiger partial charge in [-0.25, -0.2) is 12.8 Å². The minimum atomic E-state index is -4.04. The van der Waals surface area contributed by atoms with E-state index in [1.807, 2.05) is 54.6 Å². The van der Waals surface area contributed by atoms with E-state index < -0.39 is 21.9 Å². The largest absolute Gasteiger partial charge is 0.246 e. The molecule has 0 bridgehead atoms. The molecule has 0 aliphatic heterocycles. The topological polar surface area (TPSA) is 37.4 Å². The van der Waals surface area contributed by atoms with Gasteiger partial charge < -0.3 is 0 Å². The molecule has 0 spiro atoms. The van der Waals surface area contributed by atoms with Gasteiger partial charge in [0.25, 0.3) is 0 Å². The Kier molecular flexibility index (Phi) is 5.55. The Labute approximate surface area is 161 Å². The number of nitrogens with zero attached hydrogens (tertiary/aromatic N) is 1. The van der Waals surface area contributed by atoms with Crippen LogP contribution in [0.5, 0.6) is 0 Å². The van der Waals surface area contributed by atoms with Gasteiger partial charge in [0, 0.05) is 11.5 Å². The molecule has 1 atom stereocenters. The Hall–Kier alpha value is -2.02. The van der Waals surface area contributed by atoms with Gasteiger partial charge in [-0.2, -0.15) is 4.31 Å². The van der Waals surface area contributed by atoms with E-state index in [0.29, 0.717) is 0 Å². The molecule has 0 fully saturated rings. The zero-order valence-electron chi connectivity index (χ0n) is 14.0. The van der Waals surface area contributed by atoms with Gasteiger partial charge in [0.1, 0.15) is 10.7 Å². The molecule has 0 heterocycles. The predicted octanol–water partition coefficient (Wildman–Crippen LogP) is 5.00. The molecule has 0 saturated heterocycles. The maximum absolute atomic E-state index is 14.2. The monoisotopic (exact) mass is 433 g/mol. The van der Waals surface area contributed by atoms with Crippen LogP contribution in [0.3, 0.4) is 0 Å². The molecule has 6 heteroatoms. The molecule has 3 nitrogen and oxygen atoms in total. The third-order valence-corrected chi connectivity index (χ3v) is 6.75. The third-order valence-electron chi connectivity index (χ3n) is 4.17. The lowest BCUT2D eigenvalue weighted by atomic mass is 9.99. The molecule has 1 unspecified atom stereocenters. The first-order valence-corrected chi connectivity index (χ1v) is 10.2. The van der Waals surface area contributed by atoms with Crippen LogP contribution in [0, 0.1) is 5.82 Å². The van der Waals surface area contributed by atoms with Crippen LogP contribution in [0.15, 0.2) is 88.2 Å². The molecule has 0 aliphatic rings. The van der Waals surface area contributed by atoms with Crippen LogP contribution in [0.1, 0.15) is 17.2 Å². The summed E-state index contributed by atoms with van der Waals surface area (Å²) < 4.78 is 42.4. The van der Waals surface area contributed by atoms with Crippen molar-refractivity contribution in [3.63, 3.8) is 0 Å². The van der Waals surface area contributed by atoms with Crippen molar-refractivity contribution < 1.29 is 12.8 Å². The van der Waals surface area contributed by atoms with E-state index in [4.69, 9.17) is 0 Å². The van der Waals surface area contributed by atoms with Crippen molar-refractivity contribution in [2.24, 2.45) is 0 Å². The Balaban J connectivity index is 2.17. The highest BCUT2D eigenvalue weighted by atomic mass is 79.9. The molecule has 26 heavy (non-hydrogen) atoms. The summed E-state index contributed by atoms with van der Waals surface area (Å²) in [6, 6.07) is 21.5. The molecule has 3 aromatic carbocycles. The summed E-state index contributed by atoms with van der Waals surface area (Å²) in [5.41, 5.74) is 1.57. The van der Waals surface area contributed by atoms with Gasteiger partial charge in [-0.3, -0.25) is 0 Å². The molecule has 0 N–H and O–H groups in total. The highest BCUT2D eigenvalue weighted by Crippen LogP contribution is 2.36. The normalized spacial score (nSPS) is 12.9. The van der Waals surface area contributed by atoms with E-state index in [2.05, 4.69) is 15.9 Å². The zero-order valence-corrected chi connectivity index (χ0v) is 16.4. The molecule has 0 radical (unpaired) electrons. The molecule has 0 aromatic heterocycles. The highest BCUT2D eigenvalue weighted by molar-refractivity contribution is 9.10. The molecule has 134 valence electrons. The van der Waals surface area contributed by atoms with E-state index in [0.717, 1.165) is 21.7 Å². The second-order valence-corrected chi connectivity index (χ2v) is 8.61. The van der Waals surface area contributed by atoms with Gasteiger partial charge >= 0.3 is 0 Å². The highest BCUT2D eigenvalue weighted by Gasteiger charge is 2.32. The Morgan fingerprint density at radius 1 is 0.885 bits per heavy atom. The fraction of sp³-hybridized carbons (Fsp3) is 0.100. The molecular formula is C20H17BrFNO2S. The van der Waals surface area contributed by atoms with Gasteiger partial charge in [0.2, 0.25) is 10.0 Å². The number of sulfonamides is 1. The fourth-order valence-corrected chi connectivity index (χ4v) is 4.76. The van der Waals surface area contributed by atoms with Crippen LogP contribution in [-0.2, 0) is 10.0 Å². The second-order valence-electron chi connectivity index (χ2n) is 5.79. The standard InChI is InChI=1S/C20H17BrFNO2S/c1-23(26(24,25)19-14-8-7-13-18(19)22)20(15-9-3-2-4-10-15)16-11-5-6-12-17(16)21/h2-14,20H,1H3. The Morgan fingerprint density at radius 3 is 2.12 bits per heavy atom. The van der Waals surface area contributed by atoms with Crippen molar-refractivity contribution in [3.8, 4) is 0 Å². The maximum Gasteiger partial charge on any atom is 0.246 e. The van der Waals surface area contributed by atoms with E-state index in [9.17, 15) is 12.8 Å². The van der Waals surface area contributed by atoms with E-state index in [1.54, 1.807) is 0 Å². The number of hydrogen-bond acceptors (Lipinski definition) is 2. The summed E-state index contributed by atoms with van der Waals surface area (Å²) in [6.07, 6.45) is 0. The predicted molar refractivity (Wildman–Crippen MR) is 104 cm³/mol. The average Bonchev–Trinajstić information content (AvgIpc) is 2.64.